The lowest BCUT2D eigenvalue weighted by atomic mass is 9.84. The van der Waals surface area contributed by atoms with E-state index in [4.69, 9.17) is 4.74 Å². The minimum Gasteiger partial charge on any atom is -0.389 e. The zero-order chi connectivity index (χ0) is 21.0. The fraction of sp³-hybridized carbons (Fsp3) is 0.480. The van der Waals surface area contributed by atoms with E-state index in [1.165, 1.54) is 11.3 Å². The first-order valence-corrected chi connectivity index (χ1v) is 11.0. The van der Waals surface area contributed by atoms with Crippen molar-refractivity contribution in [2.24, 2.45) is 0 Å². The molecule has 5 heteroatoms. The van der Waals surface area contributed by atoms with E-state index in [1.807, 2.05) is 30.3 Å². The first-order valence-electron chi connectivity index (χ1n) is 11.0. The van der Waals surface area contributed by atoms with Crippen LogP contribution in [0.5, 0.6) is 0 Å². The first kappa shape index (κ1) is 21.0. The Balaban J connectivity index is 1.32. The Morgan fingerprint density at radius 1 is 1.00 bits per heavy atom. The largest absolute Gasteiger partial charge is 0.389 e. The number of ketones is 1. The van der Waals surface area contributed by atoms with Gasteiger partial charge in [0.15, 0.2) is 5.78 Å². The van der Waals surface area contributed by atoms with E-state index in [9.17, 15) is 9.90 Å². The normalized spacial score (nSPS) is 20.7. The highest BCUT2D eigenvalue weighted by atomic mass is 16.5. The fourth-order valence-electron chi connectivity index (χ4n) is 4.53. The molecule has 1 atom stereocenters. The minimum absolute atomic E-state index is 0.0262. The highest BCUT2D eigenvalue weighted by Crippen LogP contribution is 2.32. The van der Waals surface area contributed by atoms with E-state index in [-0.39, 0.29) is 18.2 Å². The van der Waals surface area contributed by atoms with Crippen LogP contribution in [0.1, 0.15) is 48.1 Å². The molecule has 0 radical (unpaired) electrons. The highest BCUT2D eigenvalue weighted by Gasteiger charge is 2.36. The Hall–Kier alpha value is -2.21. The Labute approximate surface area is 179 Å². The van der Waals surface area contributed by atoms with Crippen LogP contribution in [0.15, 0.2) is 54.6 Å². The van der Waals surface area contributed by atoms with Gasteiger partial charge in [-0.05, 0) is 37.5 Å². The number of ether oxygens (including phenoxy) is 1. The molecule has 2 aliphatic heterocycles. The monoisotopic (exact) mass is 408 g/mol. The van der Waals surface area contributed by atoms with Gasteiger partial charge in [-0.15, -0.1) is 0 Å². The van der Waals surface area contributed by atoms with Crippen LogP contribution in [-0.2, 0) is 4.74 Å². The lowest BCUT2D eigenvalue weighted by Crippen LogP contribution is -2.46. The third kappa shape index (κ3) is 4.91. The number of carbonyl (C=O) groups excluding carboxylic acids is 1. The van der Waals surface area contributed by atoms with Crippen molar-refractivity contribution in [2.75, 3.05) is 44.3 Å². The number of hydrogen-bond acceptors (Lipinski definition) is 5. The Kier molecular flexibility index (Phi) is 6.52. The number of Topliss-reactive ketones (excluding diaryl/α,β-unsaturated/α-hetero) is 1. The molecule has 160 valence electrons. The predicted octanol–water partition coefficient (Wildman–Crippen LogP) is 3.68. The molecule has 0 saturated carbocycles. The number of likely N-dealkylation sites (tertiary alicyclic amines) is 1. The summed E-state index contributed by atoms with van der Waals surface area (Å²) in [4.78, 5) is 17.3. The summed E-state index contributed by atoms with van der Waals surface area (Å²) in [7, 11) is 0. The van der Waals surface area contributed by atoms with Gasteiger partial charge in [0.2, 0.25) is 0 Å². The number of morpholine rings is 1. The highest BCUT2D eigenvalue weighted by molar-refractivity contribution is 5.96. The molecule has 0 spiro atoms. The molecule has 2 aliphatic rings. The Morgan fingerprint density at radius 3 is 2.27 bits per heavy atom. The quantitative estimate of drug-likeness (QED) is 0.739. The summed E-state index contributed by atoms with van der Waals surface area (Å²) in [5.41, 5.74) is 2.32. The van der Waals surface area contributed by atoms with Gasteiger partial charge >= 0.3 is 0 Å². The third-order valence-electron chi connectivity index (χ3n) is 6.61. The third-order valence-corrected chi connectivity index (χ3v) is 6.61. The summed E-state index contributed by atoms with van der Waals surface area (Å²) in [5.74, 6) is 0.0262. The van der Waals surface area contributed by atoms with Crippen molar-refractivity contribution in [3.05, 3.63) is 65.7 Å². The molecule has 2 fully saturated rings. The van der Waals surface area contributed by atoms with E-state index >= 15 is 0 Å². The van der Waals surface area contributed by atoms with Gasteiger partial charge < -0.3 is 14.7 Å². The number of rotatable bonds is 6. The minimum atomic E-state index is -0.899. The van der Waals surface area contributed by atoms with Crippen molar-refractivity contribution in [1.82, 2.24) is 4.90 Å². The van der Waals surface area contributed by atoms with Gasteiger partial charge in [0, 0.05) is 49.9 Å². The van der Waals surface area contributed by atoms with Gasteiger partial charge in [0.1, 0.15) is 0 Å². The standard InChI is InChI=1S/C25H32N2O3/c1-20(21-7-9-23(10-8-21)27-15-17-30-18-16-27)26-13-11-25(29,12-14-26)19-24(28)22-5-3-2-4-6-22/h2-10,20,29H,11-19H2,1H3. The summed E-state index contributed by atoms with van der Waals surface area (Å²) in [5, 5.41) is 11.0. The van der Waals surface area contributed by atoms with Gasteiger partial charge in [-0.3, -0.25) is 9.69 Å². The van der Waals surface area contributed by atoms with Crippen molar-refractivity contribution in [3.63, 3.8) is 0 Å². The number of piperidine rings is 1. The van der Waals surface area contributed by atoms with Crippen LogP contribution in [0, 0.1) is 0 Å². The maximum atomic E-state index is 12.5. The van der Waals surface area contributed by atoms with E-state index < -0.39 is 5.60 Å². The van der Waals surface area contributed by atoms with Crippen LogP contribution in [0.2, 0.25) is 0 Å². The van der Waals surface area contributed by atoms with Gasteiger partial charge in [-0.2, -0.15) is 0 Å². The van der Waals surface area contributed by atoms with E-state index in [0.717, 1.165) is 39.4 Å². The number of carbonyl (C=O) groups is 1. The Morgan fingerprint density at radius 2 is 1.63 bits per heavy atom. The molecule has 4 rings (SSSR count). The second kappa shape index (κ2) is 9.29. The van der Waals surface area contributed by atoms with Crippen molar-refractivity contribution >= 4 is 11.5 Å². The summed E-state index contributed by atoms with van der Waals surface area (Å²) in [6.45, 7) is 7.30. The van der Waals surface area contributed by atoms with Crippen molar-refractivity contribution in [3.8, 4) is 0 Å². The van der Waals surface area contributed by atoms with E-state index in [2.05, 4.69) is 41.0 Å². The first-order chi connectivity index (χ1) is 14.5. The summed E-state index contributed by atoms with van der Waals surface area (Å²) < 4.78 is 5.44. The molecular weight excluding hydrogens is 376 g/mol. The lowest BCUT2D eigenvalue weighted by Gasteiger charge is -2.40. The summed E-state index contributed by atoms with van der Waals surface area (Å²) >= 11 is 0. The average molecular weight is 409 g/mol. The lowest BCUT2D eigenvalue weighted by molar-refractivity contribution is -0.0303. The summed E-state index contributed by atoms with van der Waals surface area (Å²) in [6.07, 6.45) is 1.46. The number of nitrogens with zero attached hydrogens (tertiary/aromatic N) is 2. The van der Waals surface area contributed by atoms with Crippen molar-refractivity contribution in [2.45, 2.75) is 37.8 Å². The SMILES string of the molecule is CC(c1ccc(N2CCOCC2)cc1)N1CCC(O)(CC(=O)c2ccccc2)CC1. The molecular formula is C25H32N2O3. The predicted molar refractivity (Wildman–Crippen MR) is 119 cm³/mol. The smallest absolute Gasteiger partial charge is 0.165 e. The van der Waals surface area contributed by atoms with Crippen molar-refractivity contribution in [1.29, 1.82) is 0 Å². The number of benzene rings is 2. The number of hydrogen-bond donors (Lipinski definition) is 1. The molecule has 2 heterocycles. The molecule has 2 aromatic rings. The van der Waals surface area contributed by atoms with E-state index in [1.54, 1.807) is 0 Å². The molecule has 0 aromatic heterocycles. The Bertz CT molecular complexity index is 823. The van der Waals surface area contributed by atoms with Crippen LogP contribution in [-0.4, -0.2) is 60.8 Å². The van der Waals surface area contributed by atoms with Crippen molar-refractivity contribution < 1.29 is 14.6 Å². The maximum Gasteiger partial charge on any atom is 0.165 e. The summed E-state index contributed by atoms with van der Waals surface area (Å²) in [6, 6.07) is 18.4. The molecule has 1 N–H and O–H groups in total. The molecule has 30 heavy (non-hydrogen) atoms. The van der Waals surface area contributed by atoms with Crippen LogP contribution >= 0.6 is 0 Å². The van der Waals surface area contributed by atoms with Gasteiger partial charge in [-0.1, -0.05) is 42.5 Å². The molecule has 0 aliphatic carbocycles. The van der Waals surface area contributed by atoms with Gasteiger partial charge in [-0.25, -0.2) is 0 Å². The molecule has 1 unspecified atom stereocenters. The van der Waals surface area contributed by atoms with Crippen LogP contribution in [0.3, 0.4) is 0 Å². The van der Waals surface area contributed by atoms with E-state index in [0.29, 0.717) is 18.4 Å². The second-order valence-electron chi connectivity index (χ2n) is 8.59. The number of aliphatic hydroxyl groups is 1. The van der Waals surface area contributed by atoms with Crippen LogP contribution in [0.25, 0.3) is 0 Å². The van der Waals surface area contributed by atoms with Gasteiger partial charge in [0.25, 0.3) is 0 Å². The average Bonchev–Trinajstić information content (AvgIpc) is 2.80. The zero-order valence-corrected chi connectivity index (χ0v) is 17.8. The maximum absolute atomic E-state index is 12.5. The fourth-order valence-corrected chi connectivity index (χ4v) is 4.53. The molecule has 2 saturated heterocycles. The molecule has 0 amide bonds. The molecule has 5 nitrogen and oxygen atoms in total. The van der Waals surface area contributed by atoms with Crippen LogP contribution in [0.4, 0.5) is 5.69 Å². The molecule has 0 bridgehead atoms. The zero-order valence-electron chi connectivity index (χ0n) is 17.8. The second-order valence-corrected chi connectivity index (χ2v) is 8.59. The van der Waals surface area contributed by atoms with Gasteiger partial charge in [0.05, 0.1) is 18.8 Å². The van der Waals surface area contributed by atoms with Crippen LogP contribution < -0.4 is 4.90 Å². The molecule has 2 aromatic carbocycles. The number of anilines is 1. The topological polar surface area (TPSA) is 53.0 Å².